The number of hydrogen-bond donors (Lipinski definition) is 2. The number of aryl methyl sites for hydroxylation is 2. The molecule has 1 aliphatic carbocycles. The van der Waals surface area contributed by atoms with E-state index in [0.717, 1.165) is 24.8 Å². The first-order valence-corrected chi connectivity index (χ1v) is 10.3. The number of aromatic amines is 1. The van der Waals surface area contributed by atoms with Crippen molar-refractivity contribution in [2.75, 3.05) is 0 Å². The van der Waals surface area contributed by atoms with Crippen molar-refractivity contribution in [2.45, 2.75) is 58.6 Å². The highest BCUT2D eigenvalue weighted by Crippen LogP contribution is 2.25. The highest BCUT2D eigenvalue weighted by atomic mass is 16.5. The van der Waals surface area contributed by atoms with Crippen LogP contribution in [0, 0.1) is 12.8 Å². The quantitative estimate of drug-likeness (QED) is 0.657. The maximum atomic E-state index is 12.1. The number of carbonyl (C=O) groups is 1. The lowest BCUT2D eigenvalue weighted by atomic mass is 9.94. The van der Waals surface area contributed by atoms with Crippen LogP contribution in [0.2, 0.25) is 0 Å². The molecule has 0 saturated carbocycles. The molecule has 1 aliphatic rings. The maximum absolute atomic E-state index is 12.1. The fourth-order valence-electron chi connectivity index (χ4n) is 3.29. The SMILES string of the molecule is Cc1ccc(Cn2nc(CCCC3C=CC(OC(C)(C)C(=O)O)=CC3)[nH]c2=O)cc1. The zero-order valence-corrected chi connectivity index (χ0v) is 17.7. The monoisotopic (exact) mass is 411 g/mol. The molecule has 0 spiro atoms. The van der Waals surface area contributed by atoms with Gasteiger partial charge in [-0.2, -0.15) is 5.10 Å². The van der Waals surface area contributed by atoms with Crippen molar-refractivity contribution >= 4 is 5.97 Å². The van der Waals surface area contributed by atoms with Gasteiger partial charge in [0.1, 0.15) is 11.6 Å². The van der Waals surface area contributed by atoms with Crippen LogP contribution in [0.15, 0.2) is 53.0 Å². The Morgan fingerprint density at radius 3 is 2.70 bits per heavy atom. The minimum atomic E-state index is -1.24. The summed E-state index contributed by atoms with van der Waals surface area (Å²) in [6, 6.07) is 8.07. The van der Waals surface area contributed by atoms with Crippen molar-refractivity contribution in [2.24, 2.45) is 5.92 Å². The summed E-state index contributed by atoms with van der Waals surface area (Å²) in [6.07, 6.45) is 9.21. The average molecular weight is 412 g/mol. The van der Waals surface area contributed by atoms with Crippen LogP contribution in [-0.4, -0.2) is 31.4 Å². The fourth-order valence-corrected chi connectivity index (χ4v) is 3.29. The number of nitrogens with zero attached hydrogens (tertiary/aromatic N) is 2. The number of rotatable bonds is 9. The van der Waals surface area contributed by atoms with E-state index in [1.54, 1.807) is 0 Å². The Kier molecular flexibility index (Phi) is 6.59. The van der Waals surface area contributed by atoms with E-state index in [0.29, 0.717) is 30.5 Å². The van der Waals surface area contributed by atoms with E-state index >= 15 is 0 Å². The van der Waals surface area contributed by atoms with E-state index in [1.165, 1.54) is 24.1 Å². The van der Waals surface area contributed by atoms with Gasteiger partial charge in [0.05, 0.1) is 6.54 Å². The van der Waals surface area contributed by atoms with Gasteiger partial charge in [0, 0.05) is 6.42 Å². The Labute approximate surface area is 176 Å². The molecule has 2 N–H and O–H groups in total. The largest absolute Gasteiger partial charge is 0.478 e. The Balaban J connectivity index is 1.46. The Bertz CT molecular complexity index is 996. The molecule has 3 rings (SSSR count). The van der Waals surface area contributed by atoms with Crippen LogP contribution < -0.4 is 5.69 Å². The van der Waals surface area contributed by atoms with Gasteiger partial charge in [-0.25, -0.2) is 14.3 Å². The second-order valence-corrected chi connectivity index (χ2v) is 8.29. The number of carboxylic acids is 1. The van der Waals surface area contributed by atoms with Gasteiger partial charge in [-0.1, -0.05) is 35.9 Å². The normalized spacial score (nSPS) is 16.4. The van der Waals surface area contributed by atoms with Crippen molar-refractivity contribution in [1.29, 1.82) is 0 Å². The molecule has 0 bridgehead atoms. The van der Waals surface area contributed by atoms with Gasteiger partial charge in [-0.3, -0.25) is 4.98 Å². The molecule has 1 aromatic heterocycles. The number of benzene rings is 1. The van der Waals surface area contributed by atoms with Crippen molar-refractivity contribution < 1.29 is 14.6 Å². The second kappa shape index (κ2) is 9.15. The first-order valence-electron chi connectivity index (χ1n) is 10.3. The highest BCUT2D eigenvalue weighted by molar-refractivity contribution is 5.76. The van der Waals surface area contributed by atoms with Crippen LogP contribution in [0.3, 0.4) is 0 Å². The second-order valence-electron chi connectivity index (χ2n) is 8.29. The van der Waals surface area contributed by atoms with Crippen LogP contribution >= 0.6 is 0 Å². The summed E-state index contributed by atoms with van der Waals surface area (Å²) in [5.74, 6) is 0.675. The van der Waals surface area contributed by atoms with Crippen molar-refractivity contribution in [3.05, 3.63) is 75.7 Å². The van der Waals surface area contributed by atoms with E-state index in [9.17, 15) is 9.59 Å². The van der Waals surface area contributed by atoms with E-state index in [2.05, 4.69) is 16.2 Å². The summed E-state index contributed by atoms with van der Waals surface area (Å²) in [7, 11) is 0. The molecule has 0 saturated heterocycles. The van der Waals surface area contributed by atoms with Crippen molar-refractivity contribution in [1.82, 2.24) is 14.8 Å². The number of H-pyrrole nitrogens is 1. The standard InChI is InChI=1S/C23H29N3O4/c1-16-7-9-18(10-8-16)15-26-22(29)24-20(25-26)6-4-5-17-11-13-19(14-12-17)30-23(2,3)21(27)28/h7-11,13-14,17H,4-6,12,15H2,1-3H3,(H,27,28)(H,24,25,29). The summed E-state index contributed by atoms with van der Waals surface area (Å²) in [6.45, 7) is 5.56. The fraction of sp³-hybridized carbons (Fsp3) is 0.435. The first kappa shape index (κ1) is 21.6. The van der Waals surface area contributed by atoms with Crippen LogP contribution in [0.5, 0.6) is 0 Å². The molecule has 0 amide bonds. The molecule has 0 radical (unpaired) electrons. The third kappa shape index (κ3) is 5.72. The number of aliphatic carboxylic acids is 1. The average Bonchev–Trinajstić information content (AvgIpc) is 3.04. The number of carboxylic acid groups (broad SMARTS) is 1. The number of nitrogens with one attached hydrogen (secondary N) is 1. The number of ether oxygens (including phenoxy) is 1. The summed E-state index contributed by atoms with van der Waals surface area (Å²) in [5, 5.41) is 13.6. The topological polar surface area (TPSA) is 97.2 Å². The Morgan fingerprint density at radius 2 is 2.07 bits per heavy atom. The number of hydrogen-bond acceptors (Lipinski definition) is 4. The minimum absolute atomic E-state index is 0.186. The minimum Gasteiger partial charge on any atom is -0.478 e. The predicted octanol–water partition coefficient (Wildman–Crippen LogP) is 3.59. The molecular formula is C23H29N3O4. The molecule has 7 heteroatoms. The lowest BCUT2D eigenvalue weighted by molar-refractivity contribution is -0.156. The van der Waals surface area contributed by atoms with Gasteiger partial charge >= 0.3 is 11.7 Å². The molecular weight excluding hydrogens is 382 g/mol. The Hall–Kier alpha value is -3.09. The highest BCUT2D eigenvalue weighted by Gasteiger charge is 2.30. The van der Waals surface area contributed by atoms with Crippen LogP contribution in [0.4, 0.5) is 0 Å². The molecule has 1 unspecified atom stereocenters. The zero-order chi connectivity index (χ0) is 21.7. The smallest absolute Gasteiger partial charge is 0.347 e. The zero-order valence-electron chi connectivity index (χ0n) is 17.7. The number of allylic oxidation sites excluding steroid dienone is 3. The summed E-state index contributed by atoms with van der Waals surface area (Å²) < 4.78 is 7.03. The van der Waals surface area contributed by atoms with E-state index in [-0.39, 0.29) is 5.69 Å². The number of aromatic nitrogens is 3. The molecule has 1 aromatic carbocycles. The van der Waals surface area contributed by atoms with Crippen LogP contribution in [0.25, 0.3) is 0 Å². The molecule has 30 heavy (non-hydrogen) atoms. The van der Waals surface area contributed by atoms with Gasteiger partial charge in [0.2, 0.25) is 0 Å². The predicted molar refractivity (Wildman–Crippen MR) is 114 cm³/mol. The van der Waals surface area contributed by atoms with E-state index in [1.807, 2.05) is 43.3 Å². The molecule has 2 aromatic rings. The van der Waals surface area contributed by atoms with Crippen molar-refractivity contribution in [3.8, 4) is 0 Å². The molecule has 1 heterocycles. The third-order valence-corrected chi connectivity index (χ3v) is 5.21. The molecule has 0 fully saturated rings. The summed E-state index contributed by atoms with van der Waals surface area (Å²) >= 11 is 0. The van der Waals surface area contributed by atoms with Gasteiger partial charge < -0.3 is 9.84 Å². The molecule has 0 aliphatic heterocycles. The third-order valence-electron chi connectivity index (χ3n) is 5.21. The van der Waals surface area contributed by atoms with Crippen LogP contribution in [-0.2, 0) is 22.5 Å². The van der Waals surface area contributed by atoms with Gasteiger partial charge in [0.25, 0.3) is 0 Å². The summed E-state index contributed by atoms with van der Waals surface area (Å²) in [4.78, 5) is 26.2. The van der Waals surface area contributed by atoms with Gasteiger partial charge in [-0.15, -0.1) is 0 Å². The molecule has 1 atom stereocenters. The van der Waals surface area contributed by atoms with E-state index in [4.69, 9.17) is 9.84 Å². The first-order chi connectivity index (χ1) is 14.2. The van der Waals surface area contributed by atoms with E-state index < -0.39 is 11.6 Å². The van der Waals surface area contributed by atoms with Gasteiger partial charge in [0.15, 0.2) is 5.60 Å². The van der Waals surface area contributed by atoms with Crippen LogP contribution in [0.1, 0.15) is 50.1 Å². The maximum Gasteiger partial charge on any atom is 0.347 e. The lowest BCUT2D eigenvalue weighted by Gasteiger charge is -2.24. The van der Waals surface area contributed by atoms with Crippen molar-refractivity contribution in [3.63, 3.8) is 0 Å². The molecule has 160 valence electrons. The molecule has 7 nitrogen and oxygen atoms in total. The Morgan fingerprint density at radius 1 is 1.33 bits per heavy atom. The van der Waals surface area contributed by atoms with Gasteiger partial charge in [-0.05, 0) is 63.7 Å². The lowest BCUT2D eigenvalue weighted by Crippen LogP contribution is -2.34. The summed E-state index contributed by atoms with van der Waals surface area (Å²) in [5.41, 5.74) is 0.800.